The quantitative estimate of drug-likeness (QED) is 0.420. The van der Waals surface area contributed by atoms with Crippen molar-refractivity contribution in [1.29, 1.82) is 0 Å². The highest BCUT2D eigenvalue weighted by molar-refractivity contribution is 8.00. The van der Waals surface area contributed by atoms with Gasteiger partial charge in [-0.2, -0.15) is 0 Å². The lowest BCUT2D eigenvalue weighted by atomic mass is 10.0. The molecule has 0 saturated carbocycles. The van der Waals surface area contributed by atoms with E-state index in [2.05, 4.69) is 5.32 Å². The van der Waals surface area contributed by atoms with Crippen LogP contribution in [0.3, 0.4) is 0 Å². The van der Waals surface area contributed by atoms with E-state index in [0.717, 1.165) is 16.0 Å². The van der Waals surface area contributed by atoms with Crippen LogP contribution in [0.25, 0.3) is 0 Å². The van der Waals surface area contributed by atoms with Gasteiger partial charge in [-0.1, -0.05) is 54.1 Å². The number of nitrogens with one attached hydrogen (secondary N) is 1. The second kappa shape index (κ2) is 12.3. The molecule has 0 aliphatic rings. The van der Waals surface area contributed by atoms with Crippen LogP contribution in [-0.2, 0) is 22.6 Å². The SMILES string of the molecule is CNC(=O)[C@@H](Cc1ccccc1)N(Cc1cccc(OC)c1)C(=O)CSc1ccc(Cl)cc1. The van der Waals surface area contributed by atoms with Gasteiger partial charge < -0.3 is 15.0 Å². The Morgan fingerprint density at radius 1 is 1.00 bits per heavy atom. The van der Waals surface area contributed by atoms with E-state index in [0.29, 0.717) is 23.7 Å². The van der Waals surface area contributed by atoms with Gasteiger partial charge in [-0.15, -0.1) is 11.8 Å². The Kier molecular flexibility index (Phi) is 9.22. The third kappa shape index (κ3) is 7.27. The first-order valence-electron chi connectivity index (χ1n) is 10.6. The average Bonchev–Trinajstić information content (AvgIpc) is 2.86. The fourth-order valence-corrected chi connectivity index (χ4v) is 4.36. The van der Waals surface area contributed by atoms with E-state index in [1.54, 1.807) is 31.2 Å². The van der Waals surface area contributed by atoms with E-state index in [1.165, 1.54) is 11.8 Å². The van der Waals surface area contributed by atoms with Crippen molar-refractivity contribution in [3.05, 3.63) is 95.0 Å². The van der Waals surface area contributed by atoms with Gasteiger partial charge in [0.1, 0.15) is 11.8 Å². The van der Waals surface area contributed by atoms with Crippen molar-refractivity contribution < 1.29 is 14.3 Å². The number of hydrogen-bond donors (Lipinski definition) is 1. The van der Waals surface area contributed by atoms with Crippen molar-refractivity contribution in [1.82, 2.24) is 10.2 Å². The predicted molar refractivity (Wildman–Crippen MR) is 134 cm³/mol. The molecule has 5 nitrogen and oxygen atoms in total. The fourth-order valence-electron chi connectivity index (χ4n) is 3.45. The molecule has 0 aliphatic heterocycles. The first-order valence-corrected chi connectivity index (χ1v) is 11.9. The van der Waals surface area contributed by atoms with E-state index in [4.69, 9.17) is 16.3 Å². The number of thioether (sulfide) groups is 1. The highest BCUT2D eigenvalue weighted by atomic mass is 35.5. The first kappa shape index (κ1) is 24.7. The lowest BCUT2D eigenvalue weighted by molar-refractivity contribution is -0.139. The number of rotatable bonds is 10. The summed E-state index contributed by atoms with van der Waals surface area (Å²) >= 11 is 7.39. The molecule has 0 aromatic heterocycles. The second-order valence-corrected chi connectivity index (χ2v) is 8.92. The molecule has 1 atom stereocenters. The molecule has 0 unspecified atom stereocenters. The summed E-state index contributed by atoms with van der Waals surface area (Å²) in [4.78, 5) is 29.0. The Labute approximate surface area is 204 Å². The van der Waals surface area contributed by atoms with Crippen LogP contribution < -0.4 is 10.1 Å². The summed E-state index contributed by atoms with van der Waals surface area (Å²) in [5.74, 6) is 0.581. The van der Waals surface area contributed by atoms with E-state index in [1.807, 2.05) is 66.7 Å². The summed E-state index contributed by atoms with van der Waals surface area (Å²) in [7, 11) is 3.20. The maximum atomic E-state index is 13.5. The number of carbonyl (C=O) groups excluding carboxylic acids is 2. The molecule has 7 heteroatoms. The smallest absolute Gasteiger partial charge is 0.242 e. The Morgan fingerprint density at radius 3 is 2.36 bits per heavy atom. The standard InChI is InChI=1S/C26H27ClN2O3S/c1-28-26(31)24(16-19-7-4-3-5-8-19)29(17-20-9-6-10-22(15-20)32-2)25(30)18-33-23-13-11-21(27)12-14-23/h3-15,24H,16-18H2,1-2H3,(H,28,31)/t24-/m1/s1. The van der Waals surface area contributed by atoms with Gasteiger partial charge in [-0.25, -0.2) is 0 Å². The van der Waals surface area contributed by atoms with Gasteiger partial charge in [0, 0.05) is 29.9 Å². The number of likely N-dealkylation sites (N-methyl/N-ethyl adjacent to an activating group) is 1. The van der Waals surface area contributed by atoms with E-state index < -0.39 is 6.04 Å². The topological polar surface area (TPSA) is 58.6 Å². The summed E-state index contributed by atoms with van der Waals surface area (Å²) < 4.78 is 5.34. The molecule has 1 N–H and O–H groups in total. The number of halogens is 1. The van der Waals surface area contributed by atoms with Crippen LogP contribution in [0.1, 0.15) is 11.1 Å². The number of hydrogen-bond acceptors (Lipinski definition) is 4. The molecule has 0 heterocycles. The van der Waals surface area contributed by atoms with E-state index >= 15 is 0 Å². The molecule has 0 aliphatic carbocycles. The molecule has 0 spiro atoms. The van der Waals surface area contributed by atoms with Crippen molar-refractivity contribution in [3.8, 4) is 5.75 Å². The Hall–Kier alpha value is -2.96. The average molecular weight is 483 g/mol. The van der Waals surface area contributed by atoms with Crippen molar-refractivity contribution in [2.45, 2.75) is 23.9 Å². The van der Waals surface area contributed by atoms with Crippen LogP contribution in [-0.4, -0.2) is 42.7 Å². The highest BCUT2D eigenvalue weighted by Crippen LogP contribution is 2.23. The summed E-state index contributed by atoms with van der Waals surface area (Å²) in [5.41, 5.74) is 1.88. The van der Waals surface area contributed by atoms with Crippen molar-refractivity contribution in [2.75, 3.05) is 19.9 Å². The molecule has 0 radical (unpaired) electrons. The zero-order valence-electron chi connectivity index (χ0n) is 18.7. The molecular formula is C26H27ClN2O3S. The van der Waals surface area contributed by atoms with Crippen LogP contribution in [0.2, 0.25) is 5.02 Å². The van der Waals surface area contributed by atoms with Crippen LogP contribution in [0.15, 0.2) is 83.8 Å². The zero-order valence-corrected chi connectivity index (χ0v) is 20.2. The van der Waals surface area contributed by atoms with Gasteiger partial charge in [0.05, 0.1) is 12.9 Å². The fraction of sp³-hybridized carbons (Fsp3) is 0.231. The molecule has 0 bridgehead atoms. The van der Waals surface area contributed by atoms with Gasteiger partial charge in [-0.05, 0) is 47.5 Å². The Balaban J connectivity index is 1.87. The largest absolute Gasteiger partial charge is 0.497 e. The minimum Gasteiger partial charge on any atom is -0.497 e. The van der Waals surface area contributed by atoms with Crippen molar-refractivity contribution >= 4 is 35.2 Å². The molecule has 3 rings (SSSR count). The van der Waals surface area contributed by atoms with Gasteiger partial charge in [0.15, 0.2) is 0 Å². The number of carbonyl (C=O) groups is 2. The van der Waals surface area contributed by atoms with Gasteiger partial charge >= 0.3 is 0 Å². The van der Waals surface area contributed by atoms with Crippen LogP contribution >= 0.6 is 23.4 Å². The maximum Gasteiger partial charge on any atom is 0.242 e. The molecule has 33 heavy (non-hydrogen) atoms. The molecule has 3 aromatic rings. The second-order valence-electron chi connectivity index (χ2n) is 7.44. The van der Waals surface area contributed by atoms with Gasteiger partial charge in [-0.3, -0.25) is 9.59 Å². The minimum absolute atomic E-state index is 0.123. The lowest BCUT2D eigenvalue weighted by Gasteiger charge is -2.31. The number of methoxy groups -OCH3 is 1. The Morgan fingerprint density at radius 2 is 1.70 bits per heavy atom. The molecular weight excluding hydrogens is 456 g/mol. The normalized spacial score (nSPS) is 11.5. The third-order valence-corrected chi connectivity index (χ3v) is 6.43. The van der Waals surface area contributed by atoms with Gasteiger partial charge in [0.2, 0.25) is 11.8 Å². The van der Waals surface area contributed by atoms with E-state index in [-0.39, 0.29) is 17.6 Å². The summed E-state index contributed by atoms with van der Waals surface area (Å²) in [5, 5.41) is 3.38. The Bertz CT molecular complexity index is 1060. The van der Waals surface area contributed by atoms with Crippen LogP contribution in [0.5, 0.6) is 5.75 Å². The molecule has 3 aromatic carbocycles. The minimum atomic E-state index is -0.651. The van der Waals surface area contributed by atoms with Crippen LogP contribution in [0, 0.1) is 0 Å². The van der Waals surface area contributed by atoms with Crippen molar-refractivity contribution in [2.24, 2.45) is 0 Å². The first-order chi connectivity index (χ1) is 16.0. The summed E-state index contributed by atoms with van der Waals surface area (Å²) in [6, 6.07) is 24.0. The molecule has 172 valence electrons. The third-order valence-electron chi connectivity index (χ3n) is 5.18. The monoisotopic (exact) mass is 482 g/mol. The number of amides is 2. The highest BCUT2D eigenvalue weighted by Gasteiger charge is 2.29. The van der Waals surface area contributed by atoms with Gasteiger partial charge in [0.25, 0.3) is 0 Å². The molecule has 0 fully saturated rings. The predicted octanol–water partition coefficient (Wildman–Crippen LogP) is 4.83. The summed E-state index contributed by atoms with van der Waals surface area (Å²) in [6.45, 7) is 0.294. The zero-order chi connectivity index (χ0) is 23.6. The number of benzene rings is 3. The molecule has 2 amide bonds. The maximum absolute atomic E-state index is 13.5. The molecule has 0 saturated heterocycles. The lowest BCUT2D eigenvalue weighted by Crippen LogP contribution is -2.50. The van der Waals surface area contributed by atoms with Crippen molar-refractivity contribution in [3.63, 3.8) is 0 Å². The van der Waals surface area contributed by atoms with E-state index in [9.17, 15) is 9.59 Å². The summed E-state index contributed by atoms with van der Waals surface area (Å²) in [6.07, 6.45) is 0.418. The number of ether oxygens (including phenoxy) is 1. The number of nitrogens with zero attached hydrogens (tertiary/aromatic N) is 1. The van der Waals surface area contributed by atoms with Crippen LogP contribution in [0.4, 0.5) is 0 Å².